The summed E-state index contributed by atoms with van der Waals surface area (Å²) in [7, 11) is 0. The van der Waals surface area contributed by atoms with Gasteiger partial charge in [0.1, 0.15) is 0 Å². The van der Waals surface area contributed by atoms with Crippen molar-refractivity contribution in [3.63, 3.8) is 0 Å². The molecule has 9 aromatic rings. The third kappa shape index (κ3) is 4.31. The van der Waals surface area contributed by atoms with Crippen molar-refractivity contribution < 1.29 is 0 Å². The summed E-state index contributed by atoms with van der Waals surface area (Å²) in [4.78, 5) is 2.52. The van der Waals surface area contributed by atoms with Gasteiger partial charge in [0, 0.05) is 11.1 Å². The molecular weight excluding hydrogens is 639 g/mol. The van der Waals surface area contributed by atoms with Crippen molar-refractivity contribution in [3.8, 4) is 44.5 Å². The SMILES string of the molecule is CC12c3ccccc3-c3cccc(c31)N(c1ccc(-c3ccccc3)c(-c3ccccc3)c1)c1ccc(-c3cc4ccccc4c4ccccc34)cc12. The van der Waals surface area contributed by atoms with Crippen LogP contribution in [0.25, 0.3) is 66.1 Å². The number of fused-ring (bicyclic) bond motifs is 8. The zero-order valence-corrected chi connectivity index (χ0v) is 29.4. The molecule has 0 spiro atoms. The Morgan fingerprint density at radius 3 is 1.83 bits per heavy atom. The molecule has 53 heavy (non-hydrogen) atoms. The van der Waals surface area contributed by atoms with Crippen LogP contribution < -0.4 is 4.90 Å². The van der Waals surface area contributed by atoms with E-state index in [4.69, 9.17) is 0 Å². The number of anilines is 3. The third-order valence-corrected chi connectivity index (χ3v) is 11.8. The van der Waals surface area contributed by atoms with E-state index >= 15 is 0 Å². The lowest BCUT2D eigenvalue weighted by Crippen LogP contribution is -2.32. The molecule has 2 aliphatic rings. The quantitative estimate of drug-likeness (QED) is 0.168. The minimum Gasteiger partial charge on any atom is -0.310 e. The molecule has 0 fully saturated rings. The Morgan fingerprint density at radius 1 is 0.358 bits per heavy atom. The molecule has 9 aromatic carbocycles. The molecule has 1 unspecified atom stereocenters. The average molecular weight is 674 g/mol. The van der Waals surface area contributed by atoms with Gasteiger partial charge in [0.25, 0.3) is 0 Å². The van der Waals surface area contributed by atoms with Gasteiger partial charge in [-0.05, 0) is 126 Å². The summed E-state index contributed by atoms with van der Waals surface area (Å²) < 4.78 is 0. The lowest BCUT2D eigenvalue weighted by atomic mass is 9.70. The van der Waals surface area contributed by atoms with Crippen molar-refractivity contribution >= 4 is 38.6 Å². The first-order valence-electron chi connectivity index (χ1n) is 18.5. The highest BCUT2D eigenvalue weighted by Crippen LogP contribution is 2.62. The molecule has 0 saturated heterocycles. The summed E-state index contributed by atoms with van der Waals surface area (Å²) in [6.07, 6.45) is 0. The molecule has 1 nitrogen and oxygen atoms in total. The number of rotatable bonds is 4. The minimum atomic E-state index is -0.330. The zero-order chi connectivity index (χ0) is 35.1. The standard InChI is InChI=1S/C52H35N/c1-52-47-25-13-12-23-43(47)44-24-14-26-50(51(44)52)53(38-28-29-40(34-15-4-2-5-16-34)46(33-38)35-17-6-3-7-18-35)49-30-27-37(32-48(49)52)45-31-36-19-8-9-20-39(36)41-21-10-11-22-42(41)45/h2-33H,1H3. The maximum atomic E-state index is 2.52. The van der Waals surface area contributed by atoms with Crippen LogP contribution in [0, 0.1) is 0 Å². The van der Waals surface area contributed by atoms with E-state index in [2.05, 4.69) is 206 Å². The summed E-state index contributed by atoms with van der Waals surface area (Å²) in [5.41, 5.74) is 17.4. The molecule has 1 heterocycles. The lowest BCUT2D eigenvalue weighted by molar-refractivity contribution is 0.702. The Morgan fingerprint density at radius 2 is 1.02 bits per heavy atom. The molecule has 1 heteroatoms. The summed E-state index contributed by atoms with van der Waals surface area (Å²) in [6, 6.07) is 71.8. The monoisotopic (exact) mass is 673 g/mol. The van der Waals surface area contributed by atoms with Crippen LogP contribution in [0.15, 0.2) is 194 Å². The van der Waals surface area contributed by atoms with Crippen molar-refractivity contribution in [1.29, 1.82) is 0 Å². The average Bonchev–Trinajstić information content (AvgIpc) is 3.50. The van der Waals surface area contributed by atoms with Crippen molar-refractivity contribution in [1.82, 2.24) is 0 Å². The van der Waals surface area contributed by atoms with Crippen molar-refractivity contribution in [2.24, 2.45) is 0 Å². The van der Waals surface area contributed by atoms with E-state index in [0.717, 1.165) is 5.69 Å². The molecule has 0 amide bonds. The molecule has 11 rings (SSSR count). The number of nitrogens with zero attached hydrogens (tertiary/aromatic N) is 1. The van der Waals surface area contributed by atoms with E-state index in [1.54, 1.807) is 0 Å². The predicted molar refractivity (Wildman–Crippen MR) is 223 cm³/mol. The van der Waals surface area contributed by atoms with Crippen LogP contribution in [-0.2, 0) is 5.41 Å². The Balaban J connectivity index is 1.19. The van der Waals surface area contributed by atoms with Gasteiger partial charge in [0.2, 0.25) is 0 Å². The fourth-order valence-electron chi connectivity index (χ4n) is 9.44. The highest BCUT2D eigenvalue weighted by molar-refractivity contribution is 6.14. The van der Waals surface area contributed by atoms with Gasteiger partial charge in [0.05, 0.1) is 11.4 Å². The van der Waals surface area contributed by atoms with Gasteiger partial charge >= 0.3 is 0 Å². The van der Waals surface area contributed by atoms with Gasteiger partial charge in [0.15, 0.2) is 0 Å². The molecule has 0 radical (unpaired) electrons. The van der Waals surface area contributed by atoms with Gasteiger partial charge in [-0.2, -0.15) is 0 Å². The van der Waals surface area contributed by atoms with Crippen molar-refractivity contribution in [2.45, 2.75) is 12.3 Å². The summed E-state index contributed by atoms with van der Waals surface area (Å²) >= 11 is 0. The number of hydrogen-bond donors (Lipinski definition) is 0. The van der Waals surface area contributed by atoms with E-state index in [-0.39, 0.29) is 5.41 Å². The highest BCUT2D eigenvalue weighted by Gasteiger charge is 2.48. The van der Waals surface area contributed by atoms with Crippen LogP contribution in [0.3, 0.4) is 0 Å². The molecule has 1 aliphatic heterocycles. The molecule has 0 saturated carbocycles. The smallest absolute Gasteiger partial charge is 0.0512 e. The van der Waals surface area contributed by atoms with Gasteiger partial charge < -0.3 is 4.90 Å². The molecule has 0 aromatic heterocycles. The molecule has 1 aliphatic carbocycles. The van der Waals surface area contributed by atoms with Gasteiger partial charge in [-0.15, -0.1) is 0 Å². The Kier molecular flexibility index (Phi) is 6.45. The normalized spacial score (nSPS) is 15.3. The van der Waals surface area contributed by atoms with Crippen LogP contribution in [0.1, 0.15) is 23.6 Å². The molecule has 0 N–H and O–H groups in total. The van der Waals surface area contributed by atoms with Crippen LogP contribution >= 0.6 is 0 Å². The fourth-order valence-corrected chi connectivity index (χ4v) is 9.44. The maximum absolute atomic E-state index is 2.52. The van der Waals surface area contributed by atoms with E-state index in [0.29, 0.717) is 0 Å². The topological polar surface area (TPSA) is 3.24 Å². The minimum absolute atomic E-state index is 0.330. The maximum Gasteiger partial charge on any atom is 0.0512 e. The van der Waals surface area contributed by atoms with E-state index in [1.807, 2.05) is 0 Å². The first-order chi connectivity index (χ1) is 26.2. The van der Waals surface area contributed by atoms with Gasteiger partial charge in [-0.3, -0.25) is 0 Å². The Bertz CT molecular complexity index is 2900. The first kappa shape index (κ1) is 30.0. The van der Waals surface area contributed by atoms with Gasteiger partial charge in [-0.25, -0.2) is 0 Å². The molecule has 248 valence electrons. The second-order valence-electron chi connectivity index (χ2n) is 14.6. The second kappa shape index (κ2) is 11.4. The fraction of sp³-hybridized carbons (Fsp3) is 0.0385. The van der Waals surface area contributed by atoms with Crippen molar-refractivity contribution in [3.05, 3.63) is 211 Å². The Labute approximate surface area is 310 Å². The van der Waals surface area contributed by atoms with E-state index in [1.165, 1.54) is 94.1 Å². The lowest BCUT2D eigenvalue weighted by Gasteiger charge is -2.42. The molecular formula is C52H35N. The first-order valence-corrected chi connectivity index (χ1v) is 18.5. The van der Waals surface area contributed by atoms with Crippen LogP contribution in [-0.4, -0.2) is 0 Å². The molecule has 1 atom stereocenters. The number of benzene rings is 9. The largest absolute Gasteiger partial charge is 0.310 e. The van der Waals surface area contributed by atoms with Gasteiger partial charge in [-0.1, -0.05) is 158 Å². The van der Waals surface area contributed by atoms with Crippen LogP contribution in [0.5, 0.6) is 0 Å². The zero-order valence-electron chi connectivity index (χ0n) is 29.4. The van der Waals surface area contributed by atoms with Crippen LogP contribution in [0.4, 0.5) is 17.1 Å². The Hall–Kier alpha value is -6.70. The third-order valence-electron chi connectivity index (χ3n) is 11.8. The van der Waals surface area contributed by atoms with Crippen LogP contribution in [0.2, 0.25) is 0 Å². The van der Waals surface area contributed by atoms with Crippen molar-refractivity contribution in [2.75, 3.05) is 4.90 Å². The number of hydrogen-bond acceptors (Lipinski definition) is 1. The summed E-state index contributed by atoms with van der Waals surface area (Å²) in [5.74, 6) is 0. The van der Waals surface area contributed by atoms with E-state index < -0.39 is 0 Å². The second-order valence-corrected chi connectivity index (χ2v) is 14.6. The highest BCUT2D eigenvalue weighted by atomic mass is 15.2. The molecule has 0 bridgehead atoms. The predicted octanol–water partition coefficient (Wildman–Crippen LogP) is 14.1. The summed E-state index contributed by atoms with van der Waals surface area (Å²) in [6.45, 7) is 2.45. The van der Waals surface area contributed by atoms with E-state index in [9.17, 15) is 0 Å². The summed E-state index contributed by atoms with van der Waals surface area (Å²) in [5, 5.41) is 5.12.